The maximum Gasteiger partial charge on any atom is 0.322 e. The third kappa shape index (κ3) is 7.08. The normalized spacial score (nSPS) is 11.3. The van der Waals surface area contributed by atoms with Crippen LogP contribution in [0.15, 0.2) is 59.1 Å². The lowest BCUT2D eigenvalue weighted by molar-refractivity contribution is -0.116. The predicted octanol–water partition coefficient (Wildman–Crippen LogP) is 6.86. The molecule has 3 amide bonds. The molecular weight excluding hydrogens is 530 g/mol. The van der Waals surface area contributed by atoms with Crippen LogP contribution in [0.25, 0.3) is 5.69 Å². The van der Waals surface area contributed by atoms with Crippen molar-refractivity contribution in [3.63, 3.8) is 0 Å². The number of para-hydroxylation sites is 2. The van der Waals surface area contributed by atoms with Gasteiger partial charge in [-0.3, -0.25) is 4.79 Å². The van der Waals surface area contributed by atoms with E-state index in [-0.39, 0.29) is 23.9 Å². The van der Waals surface area contributed by atoms with Crippen LogP contribution < -0.4 is 10.6 Å². The second-order valence-corrected chi connectivity index (χ2v) is 10.5. The van der Waals surface area contributed by atoms with E-state index < -0.39 is 0 Å². The molecule has 3 rings (SSSR count). The van der Waals surface area contributed by atoms with Crippen molar-refractivity contribution >= 4 is 51.0 Å². The Bertz CT molecular complexity index is 1190. The number of nitrogens with zero attached hydrogens (tertiary/aromatic N) is 3. The van der Waals surface area contributed by atoms with E-state index in [2.05, 4.69) is 47.3 Å². The Labute approximate surface area is 220 Å². The highest BCUT2D eigenvalue weighted by Gasteiger charge is 2.24. The van der Waals surface area contributed by atoms with Crippen LogP contribution in [0.3, 0.4) is 0 Å². The fourth-order valence-corrected chi connectivity index (χ4v) is 3.96. The molecular formula is C26H31BrClN5O2. The molecule has 0 unspecified atom stereocenters. The standard InChI is InChI=1S/C26H31BrClN5O2/c1-5-6-15-32(25(35)29-20-13-9-7-11-18(20)27)17-24(34)30-23-16-22(26(2,3)4)31-33(23)21-14-10-8-12-19(21)28/h7-14,16H,5-6,15,17H2,1-4H3,(H,29,35)(H,30,34). The average molecular weight is 561 g/mol. The van der Waals surface area contributed by atoms with Crippen LogP contribution in [-0.4, -0.2) is 39.7 Å². The van der Waals surface area contributed by atoms with Gasteiger partial charge in [0.1, 0.15) is 12.4 Å². The summed E-state index contributed by atoms with van der Waals surface area (Å²) >= 11 is 9.87. The number of aromatic nitrogens is 2. The Balaban J connectivity index is 1.82. The molecule has 0 saturated heterocycles. The summed E-state index contributed by atoms with van der Waals surface area (Å²) in [5, 5.41) is 11.1. The Morgan fingerprint density at radius 3 is 2.43 bits per heavy atom. The van der Waals surface area contributed by atoms with Crippen LogP contribution in [0.4, 0.5) is 16.3 Å². The van der Waals surface area contributed by atoms with Gasteiger partial charge in [-0.15, -0.1) is 0 Å². The molecule has 0 atom stereocenters. The van der Waals surface area contributed by atoms with Gasteiger partial charge in [0, 0.05) is 22.5 Å². The quantitative estimate of drug-likeness (QED) is 0.316. The number of amides is 3. The zero-order chi connectivity index (χ0) is 25.6. The fourth-order valence-electron chi connectivity index (χ4n) is 3.36. The van der Waals surface area contributed by atoms with Gasteiger partial charge in [-0.1, -0.05) is 70.0 Å². The number of hydrogen-bond acceptors (Lipinski definition) is 3. The van der Waals surface area contributed by atoms with E-state index in [4.69, 9.17) is 16.7 Å². The molecule has 1 aromatic heterocycles. The van der Waals surface area contributed by atoms with Gasteiger partial charge in [0.15, 0.2) is 0 Å². The lowest BCUT2D eigenvalue weighted by Gasteiger charge is -2.23. The van der Waals surface area contributed by atoms with Crippen molar-refractivity contribution in [3.8, 4) is 5.69 Å². The summed E-state index contributed by atoms with van der Waals surface area (Å²) in [6, 6.07) is 16.2. The summed E-state index contributed by atoms with van der Waals surface area (Å²) < 4.78 is 2.41. The Hall–Kier alpha value is -2.84. The van der Waals surface area contributed by atoms with Crippen molar-refractivity contribution in [1.29, 1.82) is 0 Å². The van der Waals surface area contributed by atoms with Gasteiger partial charge in [0.05, 0.1) is 22.1 Å². The molecule has 0 bridgehead atoms. The SMILES string of the molecule is CCCCN(CC(=O)Nc1cc(C(C)(C)C)nn1-c1ccccc1Cl)C(=O)Nc1ccccc1Br. The smallest absolute Gasteiger partial charge is 0.315 e. The number of carbonyl (C=O) groups is 2. The molecule has 0 saturated carbocycles. The third-order valence-corrected chi connectivity index (χ3v) is 6.36. The first-order valence-electron chi connectivity index (χ1n) is 11.6. The van der Waals surface area contributed by atoms with Crippen molar-refractivity contribution < 1.29 is 9.59 Å². The molecule has 35 heavy (non-hydrogen) atoms. The second kappa shape index (κ2) is 11.7. The molecule has 7 nitrogen and oxygen atoms in total. The van der Waals surface area contributed by atoms with Crippen molar-refractivity contribution in [1.82, 2.24) is 14.7 Å². The molecule has 9 heteroatoms. The van der Waals surface area contributed by atoms with Crippen LogP contribution in [0.2, 0.25) is 5.02 Å². The Morgan fingerprint density at radius 1 is 1.09 bits per heavy atom. The van der Waals surface area contributed by atoms with Crippen LogP contribution in [-0.2, 0) is 10.2 Å². The number of hydrogen-bond donors (Lipinski definition) is 2. The topological polar surface area (TPSA) is 79.3 Å². The number of benzene rings is 2. The third-order valence-electron chi connectivity index (χ3n) is 5.34. The first-order valence-corrected chi connectivity index (χ1v) is 12.7. The van der Waals surface area contributed by atoms with Gasteiger partial charge in [-0.2, -0.15) is 5.10 Å². The number of anilines is 2. The second-order valence-electron chi connectivity index (χ2n) is 9.26. The molecule has 2 N–H and O–H groups in total. The van der Waals surface area contributed by atoms with Gasteiger partial charge in [0.2, 0.25) is 5.91 Å². The number of nitrogens with one attached hydrogen (secondary N) is 2. The highest BCUT2D eigenvalue weighted by molar-refractivity contribution is 9.10. The molecule has 2 aromatic carbocycles. The van der Waals surface area contributed by atoms with Gasteiger partial charge in [-0.25, -0.2) is 9.48 Å². The van der Waals surface area contributed by atoms with E-state index in [9.17, 15) is 9.59 Å². The molecule has 0 radical (unpaired) electrons. The summed E-state index contributed by atoms with van der Waals surface area (Å²) in [5.74, 6) is 0.173. The van der Waals surface area contributed by atoms with E-state index in [0.717, 1.165) is 23.0 Å². The van der Waals surface area contributed by atoms with Crippen molar-refractivity contribution in [2.75, 3.05) is 23.7 Å². The van der Waals surface area contributed by atoms with Crippen molar-refractivity contribution in [2.45, 2.75) is 46.0 Å². The Morgan fingerprint density at radius 2 is 1.77 bits per heavy atom. The van der Waals surface area contributed by atoms with Crippen LogP contribution in [0.5, 0.6) is 0 Å². The summed E-state index contributed by atoms with van der Waals surface area (Å²) in [5.41, 5.74) is 1.88. The van der Waals surface area contributed by atoms with Crippen LogP contribution in [0.1, 0.15) is 46.2 Å². The minimum absolute atomic E-state index is 0.102. The Kier molecular flexibility index (Phi) is 8.97. The molecule has 3 aromatic rings. The van der Waals surface area contributed by atoms with Crippen LogP contribution >= 0.6 is 27.5 Å². The molecule has 0 aliphatic carbocycles. The predicted molar refractivity (Wildman–Crippen MR) is 146 cm³/mol. The minimum atomic E-state index is -0.338. The molecule has 1 heterocycles. The summed E-state index contributed by atoms with van der Waals surface area (Å²) in [4.78, 5) is 27.6. The van der Waals surface area contributed by atoms with Crippen molar-refractivity contribution in [2.24, 2.45) is 0 Å². The lowest BCUT2D eigenvalue weighted by atomic mass is 9.92. The number of rotatable bonds is 8. The molecule has 0 aliphatic heterocycles. The summed E-state index contributed by atoms with van der Waals surface area (Å²) in [7, 11) is 0. The largest absolute Gasteiger partial charge is 0.322 e. The van der Waals surface area contributed by atoms with E-state index in [1.54, 1.807) is 16.8 Å². The highest BCUT2D eigenvalue weighted by Crippen LogP contribution is 2.29. The maximum absolute atomic E-state index is 13.1. The number of carbonyl (C=O) groups excluding carboxylic acids is 2. The van der Waals surface area contributed by atoms with Gasteiger partial charge in [-0.05, 0) is 46.6 Å². The van der Waals surface area contributed by atoms with Gasteiger partial charge in [0.25, 0.3) is 0 Å². The molecule has 0 fully saturated rings. The molecule has 0 aliphatic rings. The average Bonchev–Trinajstić information content (AvgIpc) is 3.22. The lowest BCUT2D eigenvalue weighted by Crippen LogP contribution is -2.41. The number of halogens is 2. The number of urea groups is 1. The monoisotopic (exact) mass is 559 g/mol. The fraction of sp³-hybridized carbons (Fsp3) is 0.346. The van der Waals surface area contributed by atoms with Crippen molar-refractivity contribution in [3.05, 3.63) is 69.8 Å². The van der Waals surface area contributed by atoms with E-state index in [0.29, 0.717) is 28.8 Å². The van der Waals surface area contributed by atoms with Crippen LogP contribution in [0, 0.1) is 0 Å². The zero-order valence-corrected chi connectivity index (χ0v) is 22.8. The minimum Gasteiger partial charge on any atom is -0.315 e. The number of unbranched alkanes of at least 4 members (excludes halogenated alkanes) is 1. The van der Waals surface area contributed by atoms with Gasteiger partial charge < -0.3 is 15.5 Å². The van der Waals surface area contributed by atoms with Gasteiger partial charge >= 0.3 is 6.03 Å². The summed E-state index contributed by atoms with van der Waals surface area (Å²) in [6.07, 6.45) is 1.68. The van der Waals surface area contributed by atoms with E-state index in [1.807, 2.05) is 49.4 Å². The first kappa shape index (κ1) is 26.8. The molecule has 186 valence electrons. The zero-order valence-electron chi connectivity index (χ0n) is 20.4. The van der Waals surface area contributed by atoms with E-state index >= 15 is 0 Å². The van der Waals surface area contributed by atoms with E-state index in [1.165, 1.54) is 4.90 Å². The molecule has 0 spiro atoms. The highest BCUT2D eigenvalue weighted by atomic mass is 79.9. The summed E-state index contributed by atoms with van der Waals surface area (Å²) in [6.45, 7) is 8.55. The maximum atomic E-state index is 13.1. The first-order chi connectivity index (χ1) is 16.6.